The maximum Gasteiger partial charge on any atom is 0.407 e. The van der Waals surface area contributed by atoms with Crippen LogP contribution in [0.4, 0.5) is 4.79 Å². The lowest BCUT2D eigenvalue weighted by molar-refractivity contribution is -0.151. The van der Waals surface area contributed by atoms with Crippen molar-refractivity contribution in [3.63, 3.8) is 0 Å². The third-order valence-corrected chi connectivity index (χ3v) is 3.26. The third kappa shape index (κ3) is 2.65. The number of carboxylic acids is 1. The van der Waals surface area contributed by atoms with E-state index in [1.54, 1.807) is 13.8 Å². The quantitative estimate of drug-likeness (QED) is 0.773. The minimum atomic E-state index is -0.870. The smallest absolute Gasteiger partial charge is 0.407 e. The predicted octanol–water partition coefficient (Wildman–Crippen LogP) is 1.77. The summed E-state index contributed by atoms with van der Waals surface area (Å²) in [5.41, 5.74) is -0.870. The molecule has 0 aromatic rings. The SMILES string of the molecule is CCOC(=O)NC1CCCCC1(C)C(=O)O. The van der Waals surface area contributed by atoms with E-state index in [4.69, 9.17) is 4.74 Å². The summed E-state index contributed by atoms with van der Waals surface area (Å²) in [6.45, 7) is 3.70. The van der Waals surface area contributed by atoms with Gasteiger partial charge < -0.3 is 15.2 Å². The Balaban J connectivity index is 2.67. The van der Waals surface area contributed by atoms with Crippen LogP contribution in [0.2, 0.25) is 0 Å². The molecule has 2 atom stereocenters. The van der Waals surface area contributed by atoms with Crippen LogP contribution < -0.4 is 5.32 Å². The van der Waals surface area contributed by atoms with E-state index in [1.807, 2.05) is 0 Å². The second-order valence-electron chi connectivity index (χ2n) is 4.39. The fourth-order valence-electron chi connectivity index (χ4n) is 2.14. The van der Waals surface area contributed by atoms with Crippen molar-refractivity contribution in [2.45, 2.75) is 45.6 Å². The number of ether oxygens (including phenoxy) is 1. The monoisotopic (exact) mass is 229 g/mol. The Bertz CT molecular complexity index is 279. The molecule has 0 heterocycles. The first-order valence-electron chi connectivity index (χ1n) is 5.67. The van der Waals surface area contributed by atoms with Gasteiger partial charge in [0.2, 0.25) is 0 Å². The Morgan fingerprint density at radius 3 is 2.75 bits per heavy atom. The molecule has 16 heavy (non-hydrogen) atoms. The van der Waals surface area contributed by atoms with Crippen LogP contribution in [0.3, 0.4) is 0 Å². The summed E-state index contributed by atoms with van der Waals surface area (Å²) >= 11 is 0. The molecule has 1 aliphatic rings. The van der Waals surface area contributed by atoms with Gasteiger partial charge in [-0.1, -0.05) is 12.8 Å². The molecule has 0 bridgehead atoms. The van der Waals surface area contributed by atoms with Gasteiger partial charge in [-0.05, 0) is 26.7 Å². The number of hydrogen-bond acceptors (Lipinski definition) is 3. The lowest BCUT2D eigenvalue weighted by atomic mass is 9.72. The van der Waals surface area contributed by atoms with Crippen LogP contribution in [-0.4, -0.2) is 29.8 Å². The fourth-order valence-corrected chi connectivity index (χ4v) is 2.14. The number of hydrogen-bond donors (Lipinski definition) is 2. The fraction of sp³-hybridized carbons (Fsp3) is 0.818. The summed E-state index contributed by atoms with van der Waals surface area (Å²) < 4.78 is 4.77. The van der Waals surface area contributed by atoms with E-state index in [1.165, 1.54) is 0 Å². The Hall–Kier alpha value is -1.26. The van der Waals surface area contributed by atoms with E-state index < -0.39 is 17.5 Å². The zero-order valence-corrected chi connectivity index (χ0v) is 9.78. The number of carbonyl (C=O) groups excluding carboxylic acids is 1. The molecule has 1 rings (SSSR count). The third-order valence-electron chi connectivity index (χ3n) is 3.26. The molecule has 2 unspecified atom stereocenters. The minimum absolute atomic E-state index is 0.294. The Kier molecular flexibility index (Phi) is 4.15. The van der Waals surface area contributed by atoms with Crippen molar-refractivity contribution in [2.24, 2.45) is 5.41 Å². The van der Waals surface area contributed by atoms with E-state index in [0.717, 1.165) is 12.8 Å². The number of amides is 1. The van der Waals surface area contributed by atoms with Crippen molar-refractivity contribution in [1.82, 2.24) is 5.32 Å². The first-order chi connectivity index (χ1) is 7.50. The Labute approximate surface area is 95.2 Å². The molecule has 1 amide bonds. The van der Waals surface area contributed by atoms with Crippen LogP contribution in [-0.2, 0) is 9.53 Å². The molecule has 1 fully saturated rings. The molecule has 2 N–H and O–H groups in total. The standard InChI is InChI=1S/C11H19NO4/c1-3-16-10(15)12-8-6-4-5-7-11(8,2)9(13)14/h8H,3-7H2,1-2H3,(H,12,15)(H,13,14). The predicted molar refractivity (Wildman–Crippen MR) is 58.2 cm³/mol. The average Bonchev–Trinajstić information content (AvgIpc) is 2.21. The van der Waals surface area contributed by atoms with Gasteiger partial charge in [-0.2, -0.15) is 0 Å². The van der Waals surface area contributed by atoms with E-state index >= 15 is 0 Å². The summed E-state index contributed by atoms with van der Waals surface area (Å²) in [4.78, 5) is 22.5. The largest absolute Gasteiger partial charge is 0.481 e. The van der Waals surface area contributed by atoms with Crippen molar-refractivity contribution >= 4 is 12.1 Å². The van der Waals surface area contributed by atoms with Crippen molar-refractivity contribution < 1.29 is 19.4 Å². The van der Waals surface area contributed by atoms with Gasteiger partial charge >= 0.3 is 12.1 Å². The van der Waals surface area contributed by atoms with Gasteiger partial charge in [0, 0.05) is 6.04 Å². The highest BCUT2D eigenvalue weighted by Gasteiger charge is 2.44. The molecule has 5 nitrogen and oxygen atoms in total. The van der Waals surface area contributed by atoms with Gasteiger partial charge in [0.25, 0.3) is 0 Å². The maximum atomic E-state index is 11.3. The summed E-state index contributed by atoms with van der Waals surface area (Å²) in [6.07, 6.45) is 2.60. The van der Waals surface area contributed by atoms with E-state index in [-0.39, 0.29) is 6.04 Å². The van der Waals surface area contributed by atoms with Crippen LogP contribution >= 0.6 is 0 Å². The van der Waals surface area contributed by atoms with Crippen molar-refractivity contribution in [1.29, 1.82) is 0 Å². The highest BCUT2D eigenvalue weighted by atomic mass is 16.5. The lowest BCUT2D eigenvalue weighted by Gasteiger charge is -2.37. The normalized spacial score (nSPS) is 29.5. The molecule has 1 aliphatic carbocycles. The van der Waals surface area contributed by atoms with Gasteiger partial charge in [-0.3, -0.25) is 4.79 Å². The molecular formula is C11H19NO4. The van der Waals surface area contributed by atoms with Gasteiger partial charge in [-0.15, -0.1) is 0 Å². The van der Waals surface area contributed by atoms with Crippen LogP contribution in [0.25, 0.3) is 0 Å². The molecule has 0 aromatic heterocycles. The maximum absolute atomic E-state index is 11.3. The lowest BCUT2D eigenvalue weighted by Crippen LogP contribution is -2.52. The number of rotatable bonds is 3. The summed E-state index contributed by atoms with van der Waals surface area (Å²) in [7, 11) is 0. The summed E-state index contributed by atoms with van der Waals surface area (Å²) in [5, 5.41) is 11.9. The molecule has 1 saturated carbocycles. The van der Waals surface area contributed by atoms with Gasteiger partial charge in [0.05, 0.1) is 12.0 Å². The topological polar surface area (TPSA) is 75.6 Å². The van der Waals surface area contributed by atoms with Crippen molar-refractivity contribution in [3.05, 3.63) is 0 Å². The zero-order chi connectivity index (χ0) is 12.2. The molecule has 92 valence electrons. The Morgan fingerprint density at radius 2 is 2.19 bits per heavy atom. The van der Waals surface area contributed by atoms with Crippen LogP contribution in [0.15, 0.2) is 0 Å². The van der Waals surface area contributed by atoms with E-state index in [2.05, 4.69) is 5.32 Å². The summed E-state index contributed by atoms with van der Waals surface area (Å²) in [5.74, 6) is -0.853. The Morgan fingerprint density at radius 1 is 1.50 bits per heavy atom. The second kappa shape index (κ2) is 5.18. The van der Waals surface area contributed by atoms with Crippen molar-refractivity contribution in [2.75, 3.05) is 6.61 Å². The van der Waals surface area contributed by atoms with Gasteiger partial charge in [0.15, 0.2) is 0 Å². The second-order valence-corrected chi connectivity index (χ2v) is 4.39. The molecular weight excluding hydrogens is 210 g/mol. The van der Waals surface area contributed by atoms with Crippen LogP contribution in [0.5, 0.6) is 0 Å². The highest BCUT2D eigenvalue weighted by molar-refractivity contribution is 5.77. The summed E-state index contributed by atoms with van der Waals surface area (Å²) in [6, 6.07) is -0.335. The molecule has 0 aliphatic heterocycles. The zero-order valence-electron chi connectivity index (χ0n) is 9.78. The first kappa shape index (κ1) is 12.8. The molecule has 5 heteroatoms. The number of aliphatic carboxylic acids is 1. The number of carbonyl (C=O) groups is 2. The minimum Gasteiger partial charge on any atom is -0.481 e. The number of nitrogens with one attached hydrogen (secondary N) is 1. The molecule has 0 radical (unpaired) electrons. The van der Waals surface area contributed by atoms with Crippen LogP contribution in [0.1, 0.15) is 39.5 Å². The van der Waals surface area contributed by atoms with Crippen molar-refractivity contribution in [3.8, 4) is 0 Å². The average molecular weight is 229 g/mol. The first-order valence-corrected chi connectivity index (χ1v) is 5.67. The molecule has 0 saturated heterocycles. The van der Waals surface area contributed by atoms with E-state index in [9.17, 15) is 14.7 Å². The van der Waals surface area contributed by atoms with E-state index in [0.29, 0.717) is 19.4 Å². The van der Waals surface area contributed by atoms with Crippen LogP contribution in [0, 0.1) is 5.41 Å². The van der Waals surface area contributed by atoms with Gasteiger partial charge in [-0.25, -0.2) is 4.79 Å². The van der Waals surface area contributed by atoms with Gasteiger partial charge in [0.1, 0.15) is 0 Å². The molecule has 0 spiro atoms. The highest BCUT2D eigenvalue weighted by Crippen LogP contribution is 2.36. The molecule has 0 aromatic carbocycles. The number of alkyl carbamates (subject to hydrolysis) is 1. The number of carboxylic acid groups (broad SMARTS) is 1.